The smallest absolute Gasteiger partial charge is 0.170 e. The summed E-state index contributed by atoms with van der Waals surface area (Å²) in [4.78, 5) is 5.69. The molecule has 1 fully saturated rings. The minimum absolute atomic E-state index is 0.0270. The molecule has 1 unspecified atom stereocenters. The fraction of sp³-hybridized carbons (Fsp3) is 0.545. The van der Waals surface area contributed by atoms with Crippen LogP contribution in [0, 0.1) is 5.82 Å². The van der Waals surface area contributed by atoms with Crippen LogP contribution >= 0.6 is 11.6 Å². The fourth-order valence-electron chi connectivity index (χ4n) is 2.09. The van der Waals surface area contributed by atoms with Gasteiger partial charge in [0.05, 0.1) is 17.4 Å². The van der Waals surface area contributed by atoms with Gasteiger partial charge in [0, 0.05) is 24.3 Å². The Morgan fingerprint density at radius 3 is 2.94 bits per heavy atom. The molecule has 0 radical (unpaired) electrons. The summed E-state index contributed by atoms with van der Waals surface area (Å²) in [7, 11) is -3.02. The Hall–Kier alpha value is -0.880. The average molecular weight is 293 g/mol. The number of hydrogen-bond acceptors (Lipinski definition) is 4. The van der Waals surface area contributed by atoms with Crippen LogP contribution in [0.2, 0.25) is 0 Å². The van der Waals surface area contributed by atoms with Crippen LogP contribution in [0.5, 0.6) is 0 Å². The molecule has 1 saturated heterocycles. The molecular formula is C11H14ClFN2O2S. The first-order valence-electron chi connectivity index (χ1n) is 5.61. The van der Waals surface area contributed by atoms with Crippen LogP contribution in [0.4, 0.5) is 10.2 Å². The maximum absolute atomic E-state index is 14.1. The third kappa shape index (κ3) is 2.59. The van der Waals surface area contributed by atoms with Crippen molar-refractivity contribution in [2.45, 2.75) is 18.8 Å². The lowest BCUT2D eigenvalue weighted by Crippen LogP contribution is -2.47. The molecule has 1 aromatic heterocycles. The first kappa shape index (κ1) is 13.5. The number of nitrogens with zero attached hydrogens (tertiary/aromatic N) is 2. The Morgan fingerprint density at radius 2 is 2.33 bits per heavy atom. The highest BCUT2D eigenvalue weighted by Crippen LogP contribution is 2.25. The molecule has 0 aromatic carbocycles. The van der Waals surface area contributed by atoms with E-state index in [4.69, 9.17) is 11.6 Å². The number of alkyl halides is 1. The topological polar surface area (TPSA) is 50.3 Å². The molecule has 1 aromatic rings. The van der Waals surface area contributed by atoms with Crippen molar-refractivity contribution in [1.82, 2.24) is 4.98 Å². The number of halogens is 2. The maximum Gasteiger partial charge on any atom is 0.170 e. The van der Waals surface area contributed by atoms with Crippen molar-refractivity contribution >= 4 is 27.3 Å². The van der Waals surface area contributed by atoms with Gasteiger partial charge in [-0.25, -0.2) is 17.8 Å². The van der Waals surface area contributed by atoms with E-state index in [1.165, 1.54) is 12.3 Å². The minimum Gasteiger partial charge on any atom is -0.349 e. The van der Waals surface area contributed by atoms with Crippen LogP contribution in [0.3, 0.4) is 0 Å². The fourth-order valence-corrected chi connectivity index (χ4v) is 3.85. The van der Waals surface area contributed by atoms with E-state index in [0.29, 0.717) is 5.56 Å². The zero-order valence-corrected chi connectivity index (χ0v) is 11.5. The van der Waals surface area contributed by atoms with Gasteiger partial charge in [-0.1, -0.05) is 0 Å². The second kappa shape index (κ2) is 5.01. The highest BCUT2D eigenvalue weighted by molar-refractivity contribution is 7.91. The molecule has 0 N–H and O–H groups in total. The van der Waals surface area contributed by atoms with Crippen LogP contribution in [0.15, 0.2) is 12.3 Å². The lowest BCUT2D eigenvalue weighted by molar-refractivity contribution is 0.552. The number of hydrogen-bond donors (Lipinski definition) is 0. The number of sulfone groups is 1. The standard InChI is InChI=1S/C11H14ClFN2O2S/c1-8-7-18(16,17)5-4-15(8)11-10(13)9(6-12)2-3-14-11/h2-3,8H,4-7H2,1H3. The van der Waals surface area contributed by atoms with Gasteiger partial charge in [0.15, 0.2) is 21.5 Å². The predicted octanol–water partition coefficient (Wildman–Crippen LogP) is 1.58. The average Bonchev–Trinajstić information content (AvgIpc) is 2.29. The number of anilines is 1. The van der Waals surface area contributed by atoms with Gasteiger partial charge in [0.25, 0.3) is 0 Å². The summed E-state index contributed by atoms with van der Waals surface area (Å²) in [6.45, 7) is 2.02. The SMILES string of the molecule is CC1CS(=O)(=O)CCN1c1nccc(CCl)c1F. The van der Waals surface area contributed by atoms with E-state index in [9.17, 15) is 12.8 Å². The number of rotatable bonds is 2. The summed E-state index contributed by atoms with van der Waals surface area (Å²) >= 11 is 5.64. The van der Waals surface area contributed by atoms with E-state index in [1.54, 1.807) is 11.8 Å². The summed E-state index contributed by atoms with van der Waals surface area (Å²) < 4.78 is 37.1. The zero-order chi connectivity index (χ0) is 13.3. The van der Waals surface area contributed by atoms with E-state index >= 15 is 0 Å². The molecule has 18 heavy (non-hydrogen) atoms. The van der Waals surface area contributed by atoms with Gasteiger partial charge < -0.3 is 4.90 Å². The van der Waals surface area contributed by atoms with E-state index in [1.807, 2.05) is 0 Å². The highest BCUT2D eigenvalue weighted by Gasteiger charge is 2.30. The second-order valence-corrected chi connectivity index (χ2v) is 6.89. The maximum atomic E-state index is 14.1. The van der Waals surface area contributed by atoms with Gasteiger partial charge in [0.1, 0.15) is 0 Å². The Bertz CT molecular complexity index is 550. The molecule has 2 heterocycles. The molecule has 0 saturated carbocycles. The molecule has 0 bridgehead atoms. The molecule has 0 spiro atoms. The molecule has 1 aliphatic heterocycles. The Kier molecular flexibility index (Phi) is 3.77. The molecule has 0 amide bonds. The van der Waals surface area contributed by atoms with Gasteiger partial charge in [-0.05, 0) is 13.0 Å². The van der Waals surface area contributed by atoms with Crippen LogP contribution in [-0.4, -0.2) is 37.5 Å². The number of pyridine rings is 1. The van der Waals surface area contributed by atoms with Crippen molar-refractivity contribution in [3.8, 4) is 0 Å². The Labute approximate surface area is 111 Å². The van der Waals surface area contributed by atoms with Crippen LogP contribution in [0.25, 0.3) is 0 Å². The van der Waals surface area contributed by atoms with E-state index in [-0.39, 0.29) is 35.8 Å². The van der Waals surface area contributed by atoms with Crippen molar-refractivity contribution in [1.29, 1.82) is 0 Å². The Morgan fingerprint density at radius 1 is 1.61 bits per heavy atom. The largest absolute Gasteiger partial charge is 0.349 e. The quantitative estimate of drug-likeness (QED) is 0.777. The molecule has 0 aliphatic carbocycles. The van der Waals surface area contributed by atoms with Gasteiger partial charge in [-0.2, -0.15) is 0 Å². The van der Waals surface area contributed by atoms with Crippen molar-refractivity contribution in [2.75, 3.05) is 23.0 Å². The van der Waals surface area contributed by atoms with Gasteiger partial charge in [0.2, 0.25) is 0 Å². The molecule has 7 heteroatoms. The van der Waals surface area contributed by atoms with Gasteiger partial charge >= 0.3 is 0 Å². The van der Waals surface area contributed by atoms with Crippen LogP contribution in [-0.2, 0) is 15.7 Å². The lowest BCUT2D eigenvalue weighted by Gasteiger charge is -2.34. The van der Waals surface area contributed by atoms with Crippen molar-refractivity contribution in [3.05, 3.63) is 23.6 Å². The van der Waals surface area contributed by atoms with Crippen LogP contribution in [0.1, 0.15) is 12.5 Å². The van der Waals surface area contributed by atoms with E-state index in [0.717, 1.165) is 0 Å². The minimum atomic E-state index is -3.02. The first-order valence-corrected chi connectivity index (χ1v) is 7.96. The summed E-state index contributed by atoms with van der Waals surface area (Å²) in [6.07, 6.45) is 1.49. The zero-order valence-electron chi connectivity index (χ0n) is 9.94. The molecule has 1 aliphatic rings. The molecule has 2 rings (SSSR count). The molecular weight excluding hydrogens is 279 g/mol. The summed E-state index contributed by atoms with van der Waals surface area (Å²) in [6, 6.07) is 1.24. The third-order valence-corrected chi connectivity index (χ3v) is 5.12. The summed E-state index contributed by atoms with van der Waals surface area (Å²) in [5.41, 5.74) is 0.377. The Balaban J connectivity index is 2.33. The second-order valence-electron chi connectivity index (χ2n) is 4.40. The summed E-state index contributed by atoms with van der Waals surface area (Å²) in [5, 5.41) is 0. The van der Waals surface area contributed by atoms with Crippen molar-refractivity contribution < 1.29 is 12.8 Å². The summed E-state index contributed by atoms with van der Waals surface area (Å²) in [5.74, 6) is -0.140. The number of aromatic nitrogens is 1. The van der Waals surface area contributed by atoms with Gasteiger partial charge in [-0.15, -0.1) is 11.6 Å². The lowest BCUT2D eigenvalue weighted by atomic mass is 10.2. The first-order chi connectivity index (χ1) is 8.44. The highest BCUT2D eigenvalue weighted by atomic mass is 35.5. The van der Waals surface area contributed by atoms with Crippen molar-refractivity contribution in [3.63, 3.8) is 0 Å². The monoisotopic (exact) mass is 292 g/mol. The molecule has 100 valence electrons. The normalized spacial score (nSPS) is 23.1. The predicted molar refractivity (Wildman–Crippen MR) is 69.2 cm³/mol. The van der Waals surface area contributed by atoms with E-state index in [2.05, 4.69) is 4.98 Å². The van der Waals surface area contributed by atoms with E-state index < -0.39 is 15.7 Å². The van der Waals surface area contributed by atoms with Crippen LogP contribution < -0.4 is 4.90 Å². The van der Waals surface area contributed by atoms with Crippen molar-refractivity contribution in [2.24, 2.45) is 0 Å². The van der Waals surface area contributed by atoms with Gasteiger partial charge in [-0.3, -0.25) is 0 Å². The third-order valence-electron chi connectivity index (χ3n) is 3.04. The molecule has 4 nitrogen and oxygen atoms in total. The molecule has 1 atom stereocenters.